The van der Waals surface area contributed by atoms with Gasteiger partial charge >= 0.3 is 5.97 Å². The topological polar surface area (TPSA) is 113 Å². The van der Waals surface area contributed by atoms with E-state index in [2.05, 4.69) is 0 Å². The minimum Gasteiger partial charge on any atom is -0.507 e. The summed E-state index contributed by atoms with van der Waals surface area (Å²) < 4.78 is 10.3. The third kappa shape index (κ3) is 4.71. The monoisotopic (exact) mass is 362 g/mol. The standard InChI is InChI=1S/C19H22O7/c1-11-6-7-15(21)18(23)14(20)5-3-4-12-8-13(25-2)9-16(22)17(12)19(24)26-10-11/h3-4,6-9,11,14,18,20,22-23H,5,10H2,1-2H3/b4-3+,7-6-/t11-,14+,18?/m1/s1. The van der Waals surface area contributed by atoms with Crippen LogP contribution in [0.5, 0.6) is 11.5 Å². The van der Waals surface area contributed by atoms with Crippen molar-refractivity contribution in [2.24, 2.45) is 5.92 Å². The molecule has 7 nitrogen and oxygen atoms in total. The average molecular weight is 362 g/mol. The first-order chi connectivity index (χ1) is 12.3. The Balaban J connectivity index is 2.44. The number of methoxy groups -OCH3 is 1. The lowest BCUT2D eigenvalue weighted by Crippen LogP contribution is -2.32. The molecule has 7 heteroatoms. The summed E-state index contributed by atoms with van der Waals surface area (Å²) in [5.74, 6) is -1.59. The molecule has 1 aliphatic rings. The summed E-state index contributed by atoms with van der Waals surface area (Å²) in [6, 6.07) is 2.84. The van der Waals surface area contributed by atoms with Crippen LogP contribution >= 0.6 is 0 Å². The largest absolute Gasteiger partial charge is 0.507 e. The number of carbonyl (C=O) groups excluding carboxylic acids is 2. The molecule has 0 saturated heterocycles. The number of hydrogen-bond acceptors (Lipinski definition) is 7. The number of aliphatic hydroxyl groups excluding tert-OH is 2. The number of aliphatic hydroxyl groups is 2. The summed E-state index contributed by atoms with van der Waals surface area (Å²) in [7, 11) is 1.42. The van der Waals surface area contributed by atoms with Crippen molar-refractivity contribution in [2.75, 3.05) is 13.7 Å². The number of phenols is 1. The van der Waals surface area contributed by atoms with Crippen molar-refractivity contribution >= 4 is 17.8 Å². The Morgan fingerprint density at radius 2 is 1.92 bits per heavy atom. The van der Waals surface area contributed by atoms with E-state index in [9.17, 15) is 24.9 Å². The second-order valence-electron chi connectivity index (χ2n) is 6.10. The fourth-order valence-electron chi connectivity index (χ4n) is 2.44. The molecule has 0 radical (unpaired) electrons. The molecule has 0 saturated carbocycles. The number of esters is 1. The van der Waals surface area contributed by atoms with Crippen LogP contribution in [-0.2, 0) is 9.53 Å². The third-order valence-electron chi connectivity index (χ3n) is 3.96. The molecule has 1 unspecified atom stereocenters. The van der Waals surface area contributed by atoms with Crippen LogP contribution in [0.3, 0.4) is 0 Å². The van der Waals surface area contributed by atoms with E-state index in [-0.39, 0.29) is 30.3 Å². The number of aromatic hydroxyl groups is 1. The molecule has 1 heterocycles. The number of ketones is 1. The van der Waals surface area contributed by atoms with Gasteiger partial charge in [0.05, 0.1) is 19.8 Å². The van der Waals surface area contributed by atoms with Gasteiger partial charge in [0, 0.05) is 12.0 Å². The molecule has 1 aromatic carbocycles. The highest BCUT2D eigenvalue weighted by Crippen LogP contribution is 2.30. The van der Waals surface area contributed by atoms with Crippen molar-refractivity contribution in [3.8, 4) is 11.5 Å². The van der Waals surface area contributed by atoms with E-state index in [0.29, 0.717) is 11.3 Å². The van der Waals surface area contributed by atoms with Crippen molar-refractivity contribution in [3.63, 3.8) is 0 Å². The van der Waals surface area contributed by atoms with E-state index in [1.54, 1.807) is 6.92 Å². The zero-order valence-electron chi connectivity index (χ0n) is 14.6. The minimum atomic E-state index is -1.55. The molecule has 0 spiro atoms. The van der Waals surface area contributed by atoms with Gasteiger partial charge in [0.1, 0.15) is 23.2 Å². The predicted molar refractivity (Wildman–Crippen MR) is 93.9 cm³/mol. The number of rotatable bonds is 1. The first kappa shape index (κ1) is 19.7. The molecule has 3 N–H and O–H groups in total. The summed E-state index contributed by atoms with van der Waals surface area (Å²) in [4.78, 5) is 24.2. The van der Waals surface area contributed by atoms with Gasteiger partial charge < -0.3 is 24.8 Å². The number of fused-ring (bicyclic) bond motifs is 1. The first-order valence-electron chi connectivity index (χ1n) is 8.16. The Hall–Kier alpha value is -2.64. The van der Waals surface area contributed by atoms with Gasteiger partial charge in [-0.25, -0.2) is 4.79 Å². The highest BCUT2D eigenvalue weighted by Gasteiger charge is 2.23. The Kier molecular flexibility index (Phi) is 6.54. The second-order valence-corrected chi connectivity index (χ2v) is 6.10. The van der Waals surface area contributed by atoms with Gasteiger partial charge in [0.2, 0.25) is 0 Å². The summed E-state index contributed by atoms with van der Waals surface area (Å²) >= 11 is 0. The summed E-state index contributed by atoms with van der Waals surface area (Å²) in [5, 5.41) is 30.0. The van der Waals surface area contributed by atoms with E-state index in [1.165, 1.54) is 37.5 Å². The van der Waals surface area contributed by atoms with Crippen molar-refractivity contribution in [1.29, 1.82) is 0 Å². The van der Waals surface area contributed by atoms with Crippen LogP contribution < -0.4 is 4.74 Å². The predicted octanol–water partition coefficient (Wildman–Crippen LogP) is 1.46. The number of phenolic OH excluding ortho intramolecular Hbond substituents is 1. The zero-order chi connectivity index (χ0) is 19.3. The highest BCUT2D eigenvalue weighted by molar-refractivity contribution is 5.97. The van der Waals surface area contributed by atoms with Crippen LogP contribution in [-0.4, -0.2) is 53.0 Å². The molecule has 1 aliphatic heterocycles. The van der Waals surface area contributed by atoms with Crippen LogP contribution in [0.15, 0.2) is 30.4 Å². The molecule has 0 amide bonds. The number of hydrogen-bond donors (Lipinski definition) is 3. The number of ether oxygens (including phenoxy) is 2. The maximum Gasteiger partial charge on any atom is 0.342 e. The summed E-state index contributed by atoms with van der Waals surface area (Å²) in [6.07, 6.45) is 2.76. The van der Waals surface area contributed by atoms with Crippen molar-refractivity contribution < 1.29 is 34.4 Å². The Morgan fingerprint density at radius 3 is 2.62 bits per heavy atom. The second kappa shape index (κ2) is 8.64. The SMILES string of the molecule is COc1cc(O)c2c(c1)/C=C/C[C@H](O)C(O)C(=O)/C=C\[C@@H](C)COC2=O. The maximum atomic E-state index is 12.4. The van der Waals surface area contributed by atoms with Crippen LogP contribution in [0.4, 0.5) is 0 Å². The van der Waals surface area contributed by atoms with Crippen molar-refractivity contribution in [2.45, 2.75) is 25.6 Å². The Labute approximate surface area is 151 Å². The molecule has 140 valence electrons. The van der Waals surface area contributed by atoms with Gasteiger partial charge in [-0.1, -0.05) is 25.2 Å². The van der Waals surface area contributed by atoms with E-state index >= 15 is 0 Å². The molecule has 0 fully saturated rings. The van der Waals surface area contributed by atoms with Gasteiger partial charge in [-0.2, -0.15) is 0 Å². The number of benzene rings is 1. The quantitative estimate of drug-likeness (QED) is 0.648. The van der Waals surface area contributed by atoms with Crippen LogP contribution in [0.1, 0.15) is 29.3 Å². The van der Waals surface area contributed by atoms with E-state index in [1.807, 2.05) is 0 Å². The van der Waals surface area contributed by atoms with Gasteiger partial charge in [0.15, 0.2) is 5.78 Å². The molecular formula is C19H22O7. The van der Waals surface area contributed by atoms with Crippen molar-refractivity contribution in [1.82, 2.24) is 0 Å². The fourth-order valence-corrected chi connectivity index (χ4v) is 2.44. The molecule has 0 aliphatic carbocycles. The molecule has 0 aromatic heterocycles. The maximum absolute atomic E-state index is 12.4. The third-order valence-corrected chi connectivity index (χ3v) is 3.96. The molecule has 2 rings (SSSR count). The van der Waals surface area contributed by atoms with Crippen molar-refractivity contribution in [3.05, 3.63) is 41.5 Å². The molecule has 0 bridgehead atoms. The van der Waals surface area contributed by atoms with Crippen LogP contribution in [0.25, 0.3) is 6.08 Å². The molecular weight excluding hydrogens is 340 g/mol. The molecule has 3 atom stereocenters. The van der Waals surface area contributed by atoms with E-state index in [4.69, 9.17) is 9.47 Å². The first-order valence-corrected chi connectivity index (χ1v) is 8.16. The molecule has 26 heavy (non-hydrogen) atoms. The van der Waals surface area contributed by atoms with Crippen LogP contribution in [0.2, 0.25) is 0 Å². The average Bonchev–Trinajstić information content (AvgIpc) is 2.62. The lowest BCUT2D eigenvalue weighted by atomic mass is 10.0. The highest BCUT2D eigenvalue weighted by atomic mass is 16.5. The lowest BCUT2D eigenvalue weighted by molar-refractivity contribution is -0.127. The molecule has 1 aromatic rings. The van der Waals surface area contributed by atoms with Gasteiger partial charge in [0.25, 0.3) is 0 Å². The van der Waals surface area contributed by atoms with Crippen LogP contribution in [0, 0.1) is 5.92 Å². The fraction of sp³-hybridized carbons (Fsp3) is 0.368. The summed E-state index contributed by atoms with van der Waals surface area (Å²) in [6.45, 7) is 1.70. The van der Waals surface area contributed by atoms with E-state index in [0.717, 1.165) is 6.08 Å². The van der Waals surface area contributed by atoms with Gasteiger partial charge in [-0.15, -0.1) is 0 Å². The van der Waals surface area contributed by atoms with E-state index < -0.39 is 24.0 Å². The lowest BCUT2D eigenvalue weighted by Gasteiger charge is -2.16. The number of carbonyl (C=O) groups is 2. The Morgan fingerprint density at radius 1 is 1.19 bits per heavy atom. The summed E-state index contributed by atoms with van der Waals surface area (Å²) in [5.41, 5.74) is 0.307. The van der Waals surface area contributed by atoms with Gasteiger partial charge in [-0.05, 0) is 24.1 Å². The van der Waals surface area contributed by atoms with Gasteiger partial charge in [-0.3, -0.25) is 4.79 Å². The smallest absolute Gasteiger partial charge is 0.342 e. The zero-order valence-corrected chi connectivity index (χ0v) is 14.6. The minimum absolute atomic E-state index is 0.0180. The number of cyclic esters (lactones) is 1. The normalized spacial score (nSPS) is 27.0. The Bertz CT molecular complexity index is 736.